The molecule has 31 heavy (non-hydrogen) atoms. The van der Waals surface area contributed by atoms with Crippen molar-refractivity contribution in [3.8, 4) is 10.6 Å². The molecule has 0 aliphatic carbocycles. The molecule has 1 aliphatic rings. The van der Waals surface area contributed by atoms with Crippen molar-refractivity contribution in [3.05, 3.63) is 52.4 Å². The summed E-state index contributed by atoms with van der Waals surface area (Å²) in [6, 6.07) is 3.09. The van der Waals surface area contributed by atoms with E-state index in [0.29, 0.717) is 30.4 Å². The summed E-state index contributed by atoms with van der Waals surface area (Å²) in [6.07, 6.45) is -1.81. The molecule has 0 spiro atoms. The van der Waals surface area contributed by atoms with Crippen molar-refractivity contribution < 1.29 is 31.5 Å². The molecule has 0 unspecified atom stereocenters. The predicted molar refractivity (Wildman–Crippen MR) is 105 cm³/mol. The molecule has 3 aromatic rings. The Kier molecular flexibility index (Phi) is 5.29. The molecule has 5 nitrogen and oxygen atoms in total. The van der Waals surface area contributed by atoms with E-state index in [1.807, 2.05) is 0 Å². The Labute approximate surface area is 175 Å². The van der Waals surface area contributed by atoms with Gasteiger partial charge < -0.3 is 15.6 Å². The van der Waals surface area contributed by atoms with Crippen molar-refractivity contribution in [2.75, 3.05) is 6.54 Å². The van der Waals surface area contributed by atoms with Gasteiger partial charge in [-0.15, -0.1) is 11.3 Å². The molecule has 1 aromatic carbocycles. The van der Waals surface area contributed by atoms with Crippen molar-refractivity contribution in [2.45, 2.75) is 18.6 Å². The summed E-state index contributed by atoms with van der Waals surface area (Å²) in [4.78, 5) is 25.8. The lowest BCUT2D eigenvalue weighted by molar-refractivity contribution is -0.134. The van der Waals surface area contributed by atoms with Crippen LogP contribution in [0.3, 0.4) is 0 Å². The van der Waals surface area contributed by atoms with E-state index in [-0.39, 0.29) is 32.9 Å². The molecule has 1 aliphatic heterocycles. The van der Waals surface area contributed by atoms with Crippen LogP contribution in [0.25, 0.3) is 27.6 Å². The lowest BCUT2D eigenvalue weighted by atomic mass is 10.1. The van der Waals surface area contributed by atoms with Crippen LogP contribution >= 0.6 is 11.3 Å². The highest BCUT2D eigenvalue weighted by molar-refractivity contribution is 7.15. The van der Waals surface area contributed by atoms with Crippen molar-refractivity contribution in [2.24, 2.45) is 0 Å². The number of rotatable bonds is 4. The molecular formula is C20H14F5N3O2S. The Morgan fingerprint density at radius 3 is 2.65 bits per heavy atom. The van der Waals surface area contributed by atoms with Crippen molar-refractivity contribution in [1.29, 1.82) is 0 Å². The zero-order valence-corrected chi connectivity index (χ0v) is 16.4. The zero-order chi connectivity index (χ0) is 22.3. The van der Waals surface area contributed by atoms with Crippen LogP contribution in [-0.4, -0.2) is 29.4 Å². The van der Waals surface area contributed by atoms with Gasteiger partial charge in [-0.1, -0.05) is 0 Å². The fraction of sp³-hybridized carbons (Fsp3) is 0.200. The number of thiophene rings is 1. The Morgan fingerprint density at radius 2 is 2.00 bits per heavy atom. The second-order valence-electron chi connectivity index (χ2n) is 6.86. The minimum Gasteiger partial charge on any atom is -0.354 e. The van der Waals surface area contributed by atoms with Gasteiger partial charge in [-0.05, 0) is 30.7 Å². The second kappa shape index (κ2) is 7.80. The van der Waals surface area contributed by atoms with Crippen LogP contribution in [0.15, 0.2) is 30.3 Å². The molecule has 1 fully saturated rings. The number of hydrogen-bond donors (Lipinski definition) is 3. The molecule has 4 rings (SSSR count). The van der Waals surface area contributed by atoms with E-state index in [2.05, 4.69) is 15.6 Å². The maximum absolute atomic E-state index is 14.3. The molecule has 1 atom stereocenters. The number of carbonyl (C=O) groups excluding carboxylic acids is 2. The average Bonchev–Trinajstić information content (AvgIpc) is 3.39. The number of carbonyl (C=O) groups is 2. The normalized spacial score (nSPS) is 16.9. The summed E-state index contributed by atoms with van der Waals surface area (Å²) in [5.41, 5.74) is 0.159. The standard InChI is InChI=1S/C20H14F5N3O2S/c21-9-7-11-10(1-4-16(29)27-13-5-6-26-19(13)30)18(28-17(11)12(22)8-9)14-2-3-15(31-14)20(23,24)25/h1-4,7-8,13,28H,5-6H2,(H,26,30)(H,27,29)/t13-/m0/s1. The quantitative estimate of drug-likeness (QED) is 0.407. The first-order valence-electron chi connectivity index (χ1n) is 9.08. The van der Waals surface area contributed by atoms with Crippen LogP contribution in [0.1, 0.15) is 16.9 Å². The van der Waals surface area contributed by atoms with Crippen LogP contribution in [0.2, 0.25) is 0 Å². The van der Waals surface area contributed by atoms with Gasteiger partial charge in [0, 0.05) is 29.6 Å². The van der Waals surface area contributed by atoms with Crippen molar-refractivity contribution in [3.63, 3.8) is 0 Å². The smallest absolute Gasteiger partial charge is 0.354 e. The highest BCUT2D eigenvalue weighted by Crippen LogP contribution is 2.41. The number of halogens is 5. The van der Waals surface area contributed by atoms with Gasteiger partial charge in [0.2, 0.25) is 11.8 Å². The topological polar surface area (TPSA) is 74.0 Å². The fourth-order valence-corrected chi connectivity index (χ4v) is 4.23. The first kappa shape index (κ1) is 21.0. The van der Waals surface area contributed by atoms with Crippen molar-refractivity contribution in [1.82, 2.24) is 15.6 Å². The molecule has 1 saturated heterocycles. The largest absolute Gasteiger partial charge is 0.425 e. The molecule has 0 bridgehead atoms. The van der Waals surface area contributed by atoms with Crippen LogP contribution < -0.4 is 10.6 Å². The van der Waals surface area contributed by atoms with E-state index in [1.54, 1.807) is 0 Å². The first-order valence-corrected chi connectivity index (χ1v) is 9.89. The van der Waals surface area contributed by atoms with Gasteiger partial charge in [0.1, 0.15) is 22.6 Å². The molecule has 2 aromatic heterocycles. The highest BCUT2D eigenvalue weighted by atomic mass is 32.1. The molecule has 3 N–H and O–H groups in total. The lowest BCUT2D eigenvalue weighted by Crippen LogP contribution is -2.39. The number of nitrogens with one attached hydrogen (secondary N) is 3. The van der Waals surface area contributed by atoms with Crippen molar-refractivity contribution >= 4 is 40.1 Å². The van der Waals surface area contributed by atoms with E-state index >= 15 is 0 Å². The zero-order valence-electron chi connectivity index (χ0n) is 15.6. The minimum absolute atomic E-state index is 0.0668. The van der Waals surface area contributed by atoms with Crippen LogP contribution in [0.5, 0.6) is 0 Å². The molecular weight excluding hydrogens is 441 g/mol. The molecule has 0 radical (unpaired) electrons. The number of fused-ring (bicyclic) bond motifs is 1. The molecule has 162 valence electrons. The second-order valence-corrected chi connectivity index (χ2v) is 7.94. The van der Waals surface area contributed by atoms with Gasteiger partial charge in [-0.25, -0.2) is 8.78 Å². The van der Waals surface area contributed by atoms with Crippen LogP contribution in [0, 0.1) is 11.6 Å². The summed E-state index contributed by atoms with van der Waals surface area (Å²) >= 11 is 0.433. The summed E-state index contributed by atoms with van der Waals surface area (Å²) in [5.74, 6) is -2.74. The Bertz CT molecular complexity index is 1210. The predicted octanol–water partition coefficient (Wildman–Crippen LogP) is 4.21. The number of hydrogen-bond acceptors (Lipinski definition) is 3. The van der Waals surface area contributed by atoms with Gasteiger partial charge in [-0.2, -0.15) is 13.2 Å². The van der Waals surface area contributed by atoms with Crippen LogP contribution in [0.4, 0.5) is 22.0 Å². The molecule has 2 amide bonds. The van der Waals surface area contributed by atoms with Gasteiger partial charge in [0.25, 0.3) is 0 Å². The van der Waals surface area contributed by atoms with Gasteiger partial charge in [0.15, 0.2) is 0 Å². The number of aromatic amines is 1. The van der Waals surface area contributed by atoms with Gasteiger partial charge >= 0.3 is 6.18 Å². The Hall–Kier alpha value is -3.21. The number of H-pyrrole nitrogens is 1. The van der Waals surface area contributed by atoms with E-state index in [4.69, 9.17) is 0 Å². The average molecular weight is 455 g/mol. The summed E-state index contributed by atoms with van der Waals surface area (Å²) in [5, 5.41) is 5.14. The van der Waals surface area contributed by atoms with E-state index in [0.717, 1.165) is 18.2 Å². The molecule has 11 heteroatoms. The number of benzene rings is 1. The summed E-state index contributed by atoms with van der Waals surface area (Å²) in [6.45, 7) is 0.429. The number of amides is 2. The molecule has 0 saturated carbocycles. The Balaban J connectivity index is 1.75. The van der Waals surface area contributed by atoms with E-state index in [1.165, 1.54) is 12.1 Å². The Morgan fingerprint density at radius 1 is 1.23 bits per heavy atom. The maximum Gasteiger partial charge on any atom is 0.425 e. The van der Waals surface area contributed by atoms with E-state index in [9.17, 15) is 31.5 Å². The SMILES string of the molecule is O=C(C=Cc1c(-c2ccc(C(F)(F)F)s2)[nH]c2c(F)cc(F)cc12)N[C@H]1CCNC1=O. The number of alkyl halides is 3. The third kappa shape index (κ3) is 4.18. The van der Waals surface area contributed by atoms with E-state index < -0.39 is 34.6 Å². The fourth-order valence-electron chi connectivity index (χ4n) is 3.34. The lowest BCUT2D eigenvalue weighted by Gasteiger charge is -2.07. The van der Waals surface area contributed by atoms with Crippen LogP contribution in [-0.2, 0) is 15.8 Å². The third-order valence-electron chi connectivity index (χ3n) is 4.76. The van der Waals surface area contributed by atoms with Gasteiger partial charge in [-0.3, -0.25) is 9.59 Å². The summed E-state index contributed by atoms with van der Waals surface area (Å²) in [7, 11) is 0. The highest BCUT2D eigenvalue weighted by Gasteiger charge is 2.33. The monoisotopic (exact) mass is 455 g/mol. The first-order chi connectivity index (χ1) is 14.6. The summed E-state index contributed by atoms with van der Waals surface area (Å²) < 4.78 is 67.1. The minimum atomic E-state index is -4.55. The van der Waals surface area contributed by atoms with Gasteiger partial charge in [0.05, 0.1) is 16.1 Å². The molecule has 3 heterocycles. The number of aromatic nitrogens is 1. The third-order valence-corrected chi connectivity index (χ3v) is 5.91. The maximum atomic E-state index is 14.3.